The molecule has 5 heteroatoms. The van der Waals surface area contributed by atoms with E-state index in [1.54, 1.807) is 0 Å². The molecule has 1 aliphatic heterocycles. The summed E-state index contributed by atoms with van der Waals surface area (Å²) in [6.07, 6.45) is 1.00. The highest BCUT2D eigenvalue weighted by Crippen LogP contribution is 2.27. The van der Waals surface area contributed by atoms with E-state index in [0.717, 1.165) is 24.0 Å². The van der Waals surface area contributed by atoms with E-state index in [9.17, 15) is 5.11 Å². The van der Waals surface area contributed by atoms with Crippen LogP contribution in [0, 0.1) is 11.3 Å². The quantitative estimate of drug-likeness (QED) is 0.807. The molecule has 110 valence electrons. The first-order chi connectivity index (χ1) is 10.1. The minimum atomic E-state index is 0.225. The highest BCUT2D eigenvalue weighted by molar-refractivity contribution is 6.23. The summed E-state index contributed by atoms with van der Waals surface area (Å²) >= 11 is 0. The summed E-state index contributed by atoms with van der Waals surface area (Å²) in [5.74, 6) is 1.73. The van der Waals surface area contributed by atoms with Crippen molar-refractivity contribution in [3.8, 4) is 0 Å². The van der Waals surface area contributed by atoms with Gasteiger partial charge < -0.3 is 15.0 Å². The number of hydrogen-bond acceptors (Lipinski definition) is 3. The summed E-state index contributed by atoms with van der Waals surface area (Å²) < 4.78 is 0. The predicted molar refractivity (Wildman–Crippen MR) is 84.4 cm³/mol. The summed E-state index contributed by atoms with van der Waals surface area (Å²) in [7, 11) is 0. The number of aliphatic hydroxyl groups is 1. The first-order valence-corrected chi connectivity index (χ1v) is 7.27. The Kier molecular flexibility index (Phi) is 3.41. The first kappa shape index (κ1) is 13.7. The third-order valence-corrected chi connectivity index (χ3v) is 3.78. The number of imidazole rings is 1. The number of rotatable bonds is 4. The van der Waals surface area contributed by atoms with Crippen LogP contribution in [0.2, 0.25) is 0 Å². The Balaban J connectivity index is 1.87. The van der Waals surface area contributed by atoms with E-state index in [1.807, 2.05) is 29.2 Å². The van der Waals surface area contributed by atoms with E-state index < -0.39 is 0 Å². The number of aliphatic hydroxyl groups excluding tert-OH is 1. The number of benzene rings is 1. The topological polar surface area (TPSA) is 76.0 Å². The summed E-state index contributed by atoms with van der Waals surface area (Å²) in [6, 6.07) is 7.73. The zero-order valence-corrected chi connectivity index (χ0v) is 12.3. The smallest absolute Gasteiger partial charge is 0.145 e. The molecule has 0 amide bonds. The number of para-hydroxylation sites is 2. The standard InChI is InChI=1S/C16H20N4O/c1-10(2)7-8-20-9-13(21)14(15(20)17)16-18-11-5-3-4-6-12(11)19-16/h3-6,10,17,21H,7-9H2,1-2H3,(H,18,19). The monoisotopic (exact) mass is 284 g/mol. The number of amidine groups is 1. The van der Waals surface area contributed by atoms with E-state index in [4.69, 9.17) is 5.41 Å². The molecule has 1 aliphatic rings. The number of nitrogens with one attached hydrogen (secondary N) is 2. The molecule has 5 nitrogen and oxygen atoms in total. The number of hydrogen-bond donors (Lipinski definition) is 3. The fourth-order valence-electron chi connectivity index (χ4n) is 2.56. The fourth-order valence-corrected chi connectivity index (χ4v) is 2.56. The van der Waals surface area contributed by atoms with Gasteiger partial charge in [-0.2, -0.15) is 0 Å². The van der Waals surface area contributed by atoms with E-state index >= 15 is 0 Å². The van der Waals surface area contributed by atoms with Gasteiger partial charge in [-0.25, -0.2) is 4.98 Å². The van der Waals surface area contributed by atoms with Gasteiger partial charge >= 0.3 is 0 Å². The third kappa shape index (κ3) is 2.51. The van der Waals surface area contributed by atoms with Crippen LogP contribution in [0.5, 0.6) is 0 Å². The molecular formula is C16H20N4O. The van der Waals surface area contributed by atoms with Crippen LogP contribution >= 0.6 is 0 Å². The van der Waals surface area contributed by atoms with Crippen molar-refractivity contribution >= 4 is 22.4 Å². The van der Waals surface area contributed by atoms with Crippen molar-refractivity contribution in [1.29, 1.82) is 5.41 Å². The Morgan fingerprint density at radius 2 is 2.14 bits per heavy atom. The summed E-state index contributed by atoms with van der Waals surface area (Å²) in [5, 5.41) is 18.5. The Labute approximate surface area is 123 Å². The van der Waals surface area contributed by atoms with Gasteiger partial charge in [0.25, 0.3) is 0 Å². The molecule has 0 aliphatic carbocycles. The molecule has 2 aromatic rings. The molecule has 0 fully saturated rings. The van der Waals surface area contributed by atoms with Crippen molar-refractivity contribution in [3.05, 3.63) is 35.8 Å². The maximum Gasteiger partial charge on any atom is 0.145 e. The Morgan fingerprint density at radius 1 is 1.38 bits per heavy atom. The van der Waals surface area contributed by atoms with Crippen molar-refractivity contribution in [2.45, 2.75) is 20.3 Å². The minimum absolute atomic E-state index is 0.225. The first-order valence-electron chi connectivity index (χ1n) is 7.27. The highest BCUT2D eigenvalue weighted by atomic mass is 16.3. The van der Waals surface area contributed by atoms with Crippen LogP contribution < -0.4 is 0 Å². The third-order valence-electron chi connectivity index (χ3n) is 3.78. The zero-order chi connectivity index (χ0) is 15.0. The largest absolute Gasteiger partial charge is 0.510 e. The molecule has 1 aromatic heterocycles. The molecule has 0 unspecified atom stereocenters. The van der Waals surface area contributed by atoms with Gasteiger partial charge in [-0.3, -0.25) is 5.41 Å². The van der Waals surface area contributed by atoms with Gasteiger partial charge in [0.15, 0.2) is 0 Å². The number of nitrogens with zero attached hydrogens (tertiary/aromatic N) is 2. The molecule has 1 aromatic carbocycles. The van der Waals surface area contributed by atoms with Crippen LogP contribution in [0.1, 0.15) is 26.1 Å². The zero-order valence-electron chi connectivity index (χ0n) is 12.3. The lowest BCUT2D eigenvalue weighted by atomic mass is 10.1. The molecule has 0 saturated heterocycles. The lowest BCUT2D eigenvalue weighted by Gasteiger charge is -2.19. The van der Waals surface area contributed by atoms with Crippen LogP contribution in [0.3, 0.4) is 0 Å². The van der Waals surface area contributed by atoms with Crippen LogP contribution in [-0.4, -0.2) is 38.9 Å². The molecule has 3 rings (SSSR count). The molecular weight excluding hydrogens is 264 g/mol. The Bertz CT molecular complexity index is 681. The normalized spacial score (nSPS) is 15.8. The second-order valence-electron chi connectivity index (χ2n) is 5.88. The SMILES string of the molecule is CC(C)CCN1CC(O)=C(c2nc3ccccc3[nH]2)C1=N. The molecule has 3 N–H and O–H groups in total. The highest BCUT2D eigenvalue weighted by Gasteiger charge is 2.29. The molecule has 0 spiro atoms. The number of aromatic nitrogens is 2. The summed E-state index contributed by atoms with van der Waals surface area (Å²) in [4.78, 5) is 9.57. The average molecular weight is 284 g/mol. The maximum atomic E-state index is 10.2. The predicted octanol–water partition coefficient (Wildman–Crippen LogP) is 3.17. The fraction of sp³-hybridized carbons (Fsp3) is 0.375. The number of H-pyrrole nitrogens is 1. The molecule has 2 heterocycles. The molecule has 21 heavy (non-hydrogen) atoms. The number of fused-ring (bicyclic) bond motifs is 1. The average Bonchev–Trinajstić information content (AvgIpc) is 2.97. The van der Waals surface area contributed by atoms with Crippen molar-refractivity contribution < 1.29 is 5.11 Å². The van der Waals surface area contributed by atoms with Gasteiger partial charge in [-0.15, -0.1) is 0 Å². The van der Waals surface area contributed by atoms with Crippen LogP contribution in [0.4, 0.5) is 0 Å². The van der Waals surface area contributed by atoms with Crippen molar-refractivity contribution in [1.82, 2.24) is 14.9 Å². The van der Waals surface area contributed by atoms with Crippen LogP contribution in [0.15, 0.2) is 30.0 Å². The van der Waals surface area contributed by atoms with Crippen LogP contribution in [0.25, 0.3) is 16.6 Å². The maximum absolute atomic E-state index is 10.2. The van der Waals surface area contributed by atoms with Gasteiger partial charge in [0.05, 0.1) is 23.2 Å². The van der Waals surface area contributed by atoms with E-state index in [-0.39, 0.29) is 5.76 Å². The van der Waals surface area contributed by atoms with Gasteiger partial charge in [0, 0.05) is 6.54 Å². The molecule has 0 bridgehead atoms. The van der Waals surface area contributed by atoms with Gasteiger partial charge in [-0.05, 0) is 24.5 Å². The van der Waals surface area contributed by atoms with Crippen LogP contribution in [-0.2, 0) is 0 Å². The minimum Gasteiger partial charge on any atom is -0.510 e. The lowest BCUT2D eigenvalue weighted by Crippen LogP contribution is -2.28. The summed E-state index contributed by atoms with van der Waals surface area (Å²) in [6.45, 7) is 5.50. The summed E-state index contributed by atoms with van der Waals surface area (Å²) in [5.41, 5.74) is 2.29. The van der Waals surface area contributed by atoms with Crippen molar-refractivity contribution in [2.24, 2.45) is 5.92 Å². The van der Waals surface area contributed by atoms with E-state index in [2.05, 4.69) is 23.8 Å². The van der Waals surface area contributed by atoms with E-state index in [0.29, 0.717) is 29.7 Å². The van der Waals surface area contributed by atoms with E-state index in [1.165, 1.54) is 0 Å². The second kappa shape index (κ2) is 5.24. The Morgan fingerprint density at radius 3 is 2.86 bits per heavy atom. The number of aromatic amines is 1. The lowest BCUT2D eigenvalue weighted by molar-refractivity contribution is 0.337. The second-order valence-corrected chi connectivity index (χ2v) is 5.88. The van der Waals surface area contributed by atoms with Gasteiger partial charge in [-0.1, -0.05) is 26.0 Å². The van der Waals surface area contributed by atoms with Gasteiger partial charge in [0.1, 0.15) is 17.4 Å². The molecule has 0 saturated carbocycles. The molecule has 0 radical (unpaired) electrons. The van der Waals surface area contributed by atoms with Crippen molar-refractivity contribution in [2.75, 3.05) is 13.1 Å². The molecule has 0 atom stereocenters. The Hall–Kier alpha value is -2.30. The van der Waals surface area contributed by atoms with Crippen molar-refractivity contribution in [3.63, 3.8) is 0 Å². The van der Waals surface area contributed by atoms with Gasteiger partial charge in [0.2, 0.25) is 0 Å².